The topological polar surface area (TPSA) is 93.7 Å². The second-order valence-electron chi connectivity index (χ2n) is 7.76. The maximum atomic E-state index is 13.0. The van der Waals surface area contributed by atoms with Crippen LogP contribution in [0.3, 0.4) is 0 Å². The molecule has 0 aliphatic heterocycles. The van der Waals surface area contributed by atoms with Gasteiger partial charge in [-0.15, -0.1) is 0 Å². The number of aryl methyl sites for hydroxylation is 2. The van der Waals surface area contributed by atoms with Crippen molar-refractivity contribution in [2.45, 2.75) is 31.7 Å². The van der Waals surface area contributed by atoms with Gasteiger partial charge in [0.05, 0.1) is 25.2 Å². The lowest BCUT2D eigenvalue weighted by atomic mass is 10.1. The molecule has 174 valence electrons. The molecule has 1 atom stereocenters. The van der Waals surface area contributed by atoms with Gasteiger partial charge in [-0.3, -0.25) is 9.52 Å². The first-order valence-electron chi connectivity index (χ1n) is 10.4. The molecule has 0 heterocycles. The predicted molar refractivity (Wildman–Crippen MR) is 129 cm³/mol. The van der Waals surface area contributed by atoms with Crippen molar-refractivity contribution in [2.75, 3.05) is 18.9 Å². The third-order valence-corrected chi connectivity index (χ3v) is 6.78. The molecule has 0 saturated carbocycles. The van der Waals surface area contributed by atoms with E-state index >= 15 is 0 Å². The van der Waals surface area contributed by atoms with Crippen LogP contribution in [0.1, 0.15) is 40.0 Å². The summed E-state index contributed by atoms with van der Waals surface area (Å²) in [5.41, 5.74) is 2.91. The van der Waals surface area contributed by atoms with Crippen molar-refractivity contribution in [3.05, 3.63) is 82.9 Å². The van der Waals surface area contributed by atoms with Crippen LogP contribution < -0.4 is 19.5 Å². The van der Waals surface area contributed by atoms with E-state index in [2.05, 4.69) is 10.0 Å². The van der Waals surface area contributed by atoms with Crippen molar-refractivity contribution in [1.82, 2.24) is 5.32 Å². The number of sulfonamides is 1. The molecule has 0 unspecified atom stereocenters. The van der Waals surface area contributed by atoms with E-state index in [1.807, 2.05) is 19.9 Å². The number of hydrogen-bond donors (Lipinski definition) is 2. The van der Waals surface area contributed by atoms with Crippen molar-refractivity contribution in [3.8, 4) is 11.5 Å². The summed E-state index contributed by atoms with van der Waals surface area (Å²) in [6, 6.07) is 16.6. The fraction of sp³-hybridized carbons (Fsp3) is 0.240. The lowest BCUT2D eigenvalue weighted by molar-refractivity contribution is 0.0939. The van der Waals surface area contributed by atoms with E-state index in [0.29, 0.717) is 22.7 Å². The molecular weight excluding hydrogens is 440 g/mol. The molecule has 8 heteroatoms. The fourth-order valence-electron chi connectivity index (χ4n) is 3.49. The van der Waals surface area contributed by atoms with Gasteiger partial charge in [-0.2, -0.15) is 0 Å². The van der Waals surface area contributed by atoms with Crippen molar-refractivity contribution in [2.24, 2.45) is 0 Å². The lowest BCUT2D eigenvalue weighted by Crippen LogP contribution is -2.27. The van der Waals surface area contributed by atoms with E-state index in [9.17, 15) is 13.2 Å². The molecule has 3 rings (SSSR count). The standard InChI is InChI=1S/C25H28N2O5S/c1-16-7-6-8-20(13-16)27-33(29,30)24-14-19(10-9-17(24)2)25(28)26-18(3)22-15-21(31-4)11-12-23(22)32-5/h6-15,18,27H,1-5H3,(H,26,28)/t18-/m0/s1. The van der Waals surface area contributed by atoms with Crippen LogP contribution in [0.15, 0.2) is 65.6 Å². The molecule has 1 amide bonds. The van der Waals surface area contributed by atoms with E-state index in [4.69, 9.17) is 9.47 Å². The Bertz CT molecular complexity index is 1270. The average Bonchev–Trinajstić information content (AvgIpc) is 2.78. The Morgan fingerprint density at radius 3 is 2.36 bits per heavy atom. The maximum absolute atomic E-state index is 13.0. The van der Waals surface area contributed by atoms with Crippen LogP contribution >= 0.6 is 0 Å². The van der Waals surface area contributed by atoms with Gasteiger partial charge in [0.15, 0.2) is 0 Å². The first-order valence-corrected chi connectivity index (χ1v) is 11.9. The summed E-state index contributed by atoms with van der Waals surface area (Å²) in [4.78, 5) is 13.0. The molecular formula is C25H28N2O5S. The minimum Gasteiger partial charge on any atom is -0.497 e. The van der Waals surface area contributed by atoms with Crippen molar-refractivity contribution < 1.29 is 22.7 Å². The van der Waals surface area contributed by atoms with E-state index in [-0.39, 0.29) is 10.5 Å². The van der Waals surface area contributed by atoms with Crippen LogP contribution in [0.25, 0.3) is 0 Å². The molecule has 7 nitrogen and oxygen atoms in total. The van der Waals surface area contributed by atoms with Crippen molar-refractivity contribution in [1.29, 1.82) is 0 Å². The van der Waals surface area contributed by atoms with Gasteiger partial charge in [-0.05, 0) is 74.4 Å². The van der Waals surface area contributed by atoms with Crippen LogP contribution in [0.2, 0.25) is 0 Å². The molecule has 0 aliphatic rings. The fourth-order valence-corrected chi connectivity index (χ4v) is 4.81. The van der Waals surface area contributed by atoms with Gasteiger partial charge >= 0.3 is 0 Å². The summed E-state index contributed by atoms with van der Waals surface area (Å²) in [6.07, 6.45) is 0. The lowest BCUT2D eigenvalue weighted by Gasteiger charge is -2.19. The highest BCUT2D eigenvalue weighted by Crippen LogP contribution is 2.29. The smallest absolute Gasteiger partial charge is 0.262 e. The van der Waals surface area contributed by atoms with E-state index in [0.717, 1.165) is 11.1 Å². The first-order chi connectivity index (χ1) is 15.6. The largest absolute Gasteiger partial charge is 0.497 e. The first kappa shape index (κ1) is 24.1. The van der Waals surface area contributed by atoms with Crippen molar-refractivity contribution >= 4 is 21.6 Å². The SMILES string of the molecule is COc1ccc(OC)c([C@H](C)NC(=O)c2ccc(C)c(S(=O)(=O)Nc3cccc(C)c3)c2)c1. The number of nitrogens with one attached hydrogen (secondary N) is 2. The zero-order valence-corrected chi connectivity index (χ0v) is 20.1. The number of hydrogen-bond acceptors (Lipinski definition) is 5. The molecule has 0 radical (unpaired) electrons. The minimum absolute atomic E-state index is 0.0447. The number of benzene rings is 3. The predicted octanol–water partition coefficient (Wildman–Crippen LogP) is 4.61. The van der Waals surface area contributed by atoms with Crippen LogP contribution in [0.5, 0.6) is 11.5 Å². The summed E-state index contributed by atoms with van der Waals surface area (Å²) in [7, 11) is -0.766. The quantitative estimate of drug-likeness (QED) is 0.503. The molecule has 0 bridgehead atoms. The zero-order chi connectivity index (χ0) is 24.2. The van der Waals surface area contributed by atoms with Crippen LogP contribution in [0, 0.1) is 13.8 Å². The Morgan fingerprint density at radius 2 is 1.70 bits per heavy atom. The number of rotatable bonds is 8. The highest BCUT2D eigenvalue weighted by atomic mass is 32.2. The number of carbonyl (C=O) groups is 1. The van der Waals surface area contributed by atoms with E-state index in [1.54, 1.807) is 69.7 Å². The van der Waals surface area contributed by atoms with Gasteiger partial charge in [-0.1, -0.05) is 18.2 Å². The van der Waals surface area contributed by atoms with Gasteiger partial charge in [0.1, 0.15) is 11.5 Å². The Hall–Kier alpha value is -3.52. The molecule has 3 aromatic rings. The van der Waals surface area contributed by atoms with Crippen LogP contribution in [-0.4, -0.2) is 28.5 Å². The molecule has 0 fully saturated rings. The van der Waals surface area contributed by atoms with Gasteiger partial charge in [0.2, 0.25) is 0 Å². The Balaban J connectivity index is 1.86. The number of amides is 1. The third-order valence-electron chi connectivity index (χ3n) is 5.26. The highest BCUT2D eigenvalue weighted by Gasteiger charge is 2.21. The van der Waals surface area contributed by atoms with Gasteiger partial charge < -0.3 is 14.8 Å². The third kappa shape index (κ3) is 5.64. The van der Waals surface area contributed by atoms with Crippen LogP contribution in [0.4, 0.5) is 5.69 Å². The van der Waals surface area contributed by atoms with Crippen LogP contribution in [-0.2, 0) is 10.0 Å². The van der Waals surface area contributed by atoms with E-state index < -0.39 is 22.0 Å². The monoisotopic (exact) mass is 468 g/mol. The molecule has 2 N–H and O–H groups in total. The minimum atomic E-state index is -3.88. The molecule has 3 aromatic carbocycles. The summed E-state index contributed by atoms with van der Waals surface area (Å²) in [5, 5.41) is 2.90. The van der Waals surface area contributed by atoms with Crippen molar-refractivity contribution in [3.63, 3.8) is 0 Å². The number of ether oxygens (including phenoxy) is 2. The normalized spacial score (nSPS) is 12.0. The molecule has 0 aromatic heterocycles. The number of anilines is 1. The molecule has 33 heavy (non-hydrogen) atoms. The Morgan fingerprint density at radius 1 is 0.939 bits per heavy atom. The second kappa shape index (κ2) is 9.95. The van der Waals surface area contributed by atoms with E-state index in [1.165, 1.54) is 6.07 Å². The summed E-state index contributed by atoms with van der Waals surface area (Å²) in [5.74, 6) is 0.843. The average molecular weight is 469 g/mol. The van der Waals surface area contributed by atoms with Gasteiger partial charge in [0.25, 0.3) is 15.9 Å². The molecule has 0 spiro atoms. The molecule has 0 saturated heterocycles. The second-order valence-corrected chi connectivity index (χ2v) is 9.41. The Labute approximate surface area is 194 Å². The zero-order valence-electron chi connectivity index (χ0n) is 19.3. The maximum Gasteiger partial charge on any atom is 0.262 e. The summed E-state index contributed by atoms with van der Waals surface area (Å²) < 4.78 is 39.3. The molecule has 0 aliphatic carbocycles. The summed E-state index contributed by atoms with van der Waals surface area (Å²) >= 11 is 0. The highest BCUT2D eigenvalue weighted by molar-refractivity contribution is 7.92. The Kier molecular flexibility index (Phi) is 7.28. The number of methoxy groups -OCH3 is 2. The number of carbonyl (C=O) groups excluding carboxylic acids is 1. The van der Waals surface area contributed by atoms with Gasteiger partial charge in [0, 0.05) is 16.8 Å². The van der Waals surface area contributed by atoms with Gasteiger partial charge in [-0.25, -0.2) is 8.42 Å². The summed E-state index contributed by atoms with van der Waals surface area (Å²) in [6.45, 7) is 5.39.